The van der Waals surface area contributed by atoms with Crippen molar-refractivity contribution in [1.29, 1.82) is 0 Å². The molecule has 2 N–H and O–H groups in total. The molecule has 0 saturated carbocycles. The van der Waals surface area contributed by atoms with Crippen LogP contribution in [0.2, 0.25) is 0 Å². The standard InChI is InChI=1S/C15H16FNO3S/c16-11-6-5-10-8-13(21-12(10)9-11)15(20)17-7-3-1-2-4-14(18)19/h5-6,8-9H,1-4,7H2,(H,17,20)(H,18,19). The molecule has 2 aromatic rings. The minimum atomic E-state index is -0.795. The number of benzene rings is 1. The molecule has 1 aromatic heterocycles. The van der Waals surface area contributed by atoms with E-state index in [4.69, 9.17) is 5.11 Å². The topological polar surface area (TPSA) is 66.4 Å². The largest absolute Gasteiger partial charge is 0.481 e. The van der Waals surface area contributed by atoms with E-state index in [0.29, 0.717) is 17.8 Å². The van der Waals surface area contributed by atoms with Gasteiger partial charge in [-0.1, -0.05) is 12.5 Å². The van der Waals surface area contributed by atoms with Crippen molar-refractivity contribution in [3.63, 3.8) is 0 Å². The number of carbonyl (C=O) groups excluding carboxylic acids is 1. The van der Waals surface area contributed by atoms with Gasteiger partial charge in [0.2, 0.25) is 0 Å². The SMILES string of the molecule is O=C(O)CCCCCNC(=O)c1cc2ccc(F)cc2s1. The molecule has 0 radical (unpaired) electrons. The van der Waals surface area contributed by atoms with Crippen molar-refractivity contribution < 1.29 is 19.1 Å². The zero-order valence-corrected chi connectivity index (χ0v) is 12.2. The number of halogens is 1. The summed E-state index contributed by atoms with van der Waals surface area (Å²) in [4.78, 5) is 22.8. The van der Waals surface area contributed by atoms with Gasteiger partial charge in [0.05, 0.1) is 4.88 Å². The average Bonchev–Trinajstić information content (AvgIpc) is 2.85. The quantitative estimate of drug-likeness (QED) is 0.770. The number of hydrogen-bond donors (Lipinski definition) is 2. The van der Waals surface area contributed by atoms with Gasteiger partial charge in [0.25, 0.3) is 5.91 Å². The molecule has 0 atom stereocenters. The normalized spacial score (nSPS) is 10.7. The summed E-state index contributed by atoms with van der Waals surface area (Å²) in [5.41, 5.74) is 0. The Labute approximate surface area is 125 Å². The predicted octanol–water partition coefficient (Wildman–Crippen LogP) is 3.42. The molecule has 0 unspecified atom stereocenters. The van der Waals surface area contributed by atoms with Gasteiger partial charge in [-0.2, -0.15) is 0 Å². The fraction of sp³-hybridized carbons (Fsp3) is 0.333. The molecule has 4 nitrogen and oxygen atoms in total. The fourth-order valence-corrected chi connectivity index (χ4v) is 2.99. The van der Waals surface area contributed by atoms with Gasteiger partial charge in [0, 0.05) is 17.7 Å². The summed E-state index contributed by atoms with van der Waals surface area (Å²) in [6.45, 7) is 0.515. The third-order valence-electron chi connectivity index (χ3n) is 3.06. The predicted molar refractivity (Wildman–Crippen MR) is 80.2 cm³/mol. The first-order chi connectivity index (χ1) is 10.1. The Balaban J connectivity index is 1.81. The van der Waals surface area contributed by atoms with Crippen LogP contribution in [0.5, 0.6) is 0 Å². The van der Waals surface area contributed by atoms with Crippen molar-refractivity contribution >= 4 is 33.3 Å². The third kappa shape index (κ3) is 4.53. The van der Waals surface area contributed by atoms with Gasteiger partial charge in [-0.05, 0) is 36.4 Å². The Morgan fingerprint density at radius 1 is 1.19 bits per heavy atom. The molecule has 0 fully saturated rings. The van der Waals surface area contributed by atoms with E-state index in [0.717, 1.165) is 22.9 Å². The maximum atomic E-state index is 13.1. The van der Waals surface area contributed by atoms with Crippen LogP contribution in [0.3, 0.4) is 0 Å². The summed E-state index contributed by atoms with van der Waals surface area (Å²) >= 11 is 1.26. The monoisotopic (exact) mass is 309 g/mol. The van der Waals surface area contributed by atoms with E-state index in [1.54, 1.807) is 12.1 Å². The van der Waals surface area contributed by atoms with Gasteiger partial charge in [-0.25, -0.2) is 4.39 Å². The molecular formula is C15H16FNO3S. The number of amides is 1. The molecule has 0 spiro atoms. The first-order valence-electron chi connectivity index (χ1n) is 6.75. The lowest BCUT2D eigenvalue weighted by Crippen LogP contribution is -2.23. The maximum absolute atomic E-state index is 13.1. The van der Waals surface area contributed by atoms with Gasteiger partial charge >= 0.3 is 5.97 Å². The van der Waals surface area contributed by atoms with Crippen molar-refractivity contribution in [2.75, 3.05) is 6.54 Å². The molecule has 0 aliphatic carbocycles. The number of thiophene rings is 1. The van der Waals surface area contributed by atoms with E-state index < -0.39 is 5.97 Å². The second-order valence-corrected chi connectivity index (χ2v) is 5.84. The average molecular weight is 309 g/mol. The summed E-state index contributed by atoms with van der Waals surface area (Å²) in [6.07, 6.45) is 2.30. The van der Waals surface area contributed by atoms with Crippen LogP contribution in [0.4, 0.5) is 4.39 Å². The summed E-state index contributed by atoms with van der Waals surface area (Å²) in [6, 6.07) is 6.20. The summed E-state index contributed by atoms with van der Waals surface area (Å²) in [7, 11) is 0. The molecule has 0 aliphatic rings. The lowest BCUT2D eigenvalue weighted by molar-refractivity contribution is -0.137. The number of carbonyl (C=O) groups is 2. The Bertz CT molecular complexity index is 653. The minimum Gasteiger partial charge on any atom is -0.481 e. The van der Waals surface area contributed by atoms with Crippen LogP contribution in [0, 0.1) is 5.82 Å². The zero-order chi connectivity index (χ0) is 15.2. The number of carboxylic acid groups (broad SMARTS) is 1. The highest BCUT2D eigenvalue weighted by molar-refractivity contribution is 7.20. The molecule has 6 heteroatoms. The zero-order valence-electron chi connectivity index (χ0n) is 11.4. The lowest BCUT2D eigenvalue weighted by Gasteiger charge is -2.02. The van der Waals surface area contributed by atoms with Crippen LogP contribution in [0.25, 0.3) is 10.1 Å². The molecule has 0 aliphatic heterocycles. The van der Waals surface area contributed by atoms with Crippen LogP contribution in [-0.4, -0.2) is 23.5 Å². The van der Waals surface area contributed by atoms with Gasteiger partial charge in [0.15, 0.2) is 0 Å². The Morgan fingerprint density at radius 3 is 2.76 bits per heavy atom. The second kappa shape index (κ2) is 7.17. The van der Waals surface area contributed by atoms with E-state index >= 15 is 0 Å². The molecule has 1 aromatic carbocycles. The molecule has 0 saturated heterocycles. The van der Waals surface area contributed by atoms with E-state index in [1.165, 1.54) is 23.5 Å². The Kier molecular flexibility index (Phi) is 5.27. The van der Waals surface area contributed by atoms with Gasteiger partial charge < -0.3 is 10.4 Å². The third-order valence-corrected chi connectivity index (χ3v) is 4.16. The molecule has 1 amide bonds. The number of nitrogens with one attached hydrogen (secondary N) is 1. The highest BCUT2D eigenvalue weighted by Crippen LogP contribution is 2.26. The lowest BCUT2D eigenvalue weighted by atomic mass is 10.2. The molecule has 2 rings (SSSR count). The number of fused-ring (bicyclic) bond motifs is 1. The Morgan fingerprint density at radius 2 is 2.00 bits per heavy atom. The van der Waals surface area contributed by atoms with Gasteiger partial charge in [-0.15, -0.1) is 11.3 Å². The summed E-state index contributed by atoms with van der Waals surface area (Å²) in [5.74, 6) is -1.28. The number of carboxylic acids is 1. The number of hydrogen-bond acceptors (Lipinski definition) is 3. The maximum Gasteiger partial charge on any atom is 0.303 e. The molecule has 0 bridgehead atoms. The smallest absolute Gasteiger partial charge is 0.303 e. The Hall–Kier alpha value is -1.95. The van der Waals surface area contributed by atoms with Crippen LogP contribution < -0.4 is 5.32 Å². The molecule has 112 valence electrons. The van der Waals surface area contributed by atoms with Crippen molar-refractivity contribution in [2.24, 2.45) is 0 Å². The first kappa shape index (κ1) is 15.4. The van der Waals surface area contributed by atoms with Crippen LogP contribution in [-0.2, 0) is 4.79 Å². The van der Waals surface area contributed by atoms with Crippen molar-refractivity contribution in [3.05, 3.63) is 35.0 Å². The van der Waals surface area contributed by atoms with Crippen molar-refractivity contribution in [2.45, 2.75) is 25.7 Å². The van der Waals surface area contributed by atoms with Crippen LogP contribution in [0.15, 0.2) is 24.3 Å². The highest BCUT2D eigenvalue weighted by Gasteiger charge is 2.10. The minimum absolute atomic E-state index is 0.163. The van der Waals surface area contributed by atoms with Gasteiger partial charge in [0.1, 0.15) is 5.82 Å². The van der Waals surface area contributed by atoms with Crippen LogP contribution >= 0.6 is 11.3 Å². The van der Waals surface area contributed by atoms with E-state index in [2.05, 4.69) is 5.32 Å². The highest BCUT2D eigenvalue weighted by atomic mass is 32.1. The number of aliphatic carboxylic acids is 1. The van der Waals surface area contributed by atoms with Crippen molar-refractivity contribution in [3.8, 4) is 0 Å². The summed E-state index contributed by atoms with van der Waals surface area (Å²) in [5, 5.41) is 12.1. The number of unbranched alkanes of at least 4 members (excludes halogenated alkanes) is 2. The molecular weight excluding hydrogens is 293 g/mol. The van der Waals surface area contributed by atoms with E-state index in [9.17, 15) is 14.0 Å². The molecule has 21 heavy (non-hydrogen) atoms. The van der Waals surface area contributed by atoms with E-state index in [-0.39, 0.29) is 18.1 Å². The molecule has 1 heterocycles. The summed E-state index contributed by atoms with van der Waals surface area (Å²) < 4.78 is 13.8. The van der Waals surface area contributed by atoms with Crippen LogP contribution in [0.1, 0.15) is 35.4 Å². The fourth-order valence-electron chi connectivity index (χ4n) is 1.98. The van der Waals surface area contributed by atoms with Crippen molar-refractivity contribution in [1.82, 2.24) is 5.32 Å². The second-order valence-electron chi connectivity index (χ2n) is 4.75. The van der Waals surface area contributed by atoms with Gasteiger partial charge in [-0.3, -0.25) is 9.59 Å². The van der Waals surface area contributed by atoms with E-state index in [1.807, 2.05) is 0 Å². The number of rotatable bonds is 7. The first-order valence-corrected chi connectivity index (χ1v) is 7.57.